The van der Waals surface area contributed by atoms with Gasteiger partial charge in [0.25, 0.3) is 0 Å². The van der Waals surface area contributed by atoms with Gasteiger partial charge < -0.3 is 0 Å². The molecule has 28 heavy (non-hydrogen) atoms. The number of anilines is 1. The van der Waals surface area contributed by atoms with Crippen molar-refractivity contribution in [2.24, 2.45) is 5.10 Å². The molecule has 0 bridgehead atoms. The van der Waals surface area contributed by atoms with Crippen molar-refractivity contribution in [2.45, 2.75) is 24.0 Å². The number of nitrogens with one attached hydrogen (secondary N) is 1. The summed E-state index contributed by atoms with van der Waals surface area (Å²) in [6.07, 6.45) is 2.68. The Bertz CT molecular complexity index is 1120. The molecule has 0 aliphatic heterocycles. The van der Waals surface area contributed by atoms with E-state index in [1.165, 1.54) is 29.2 Å². The minimum absolute atomic E-state index is 0.0998. The van der Waals surface area contributed by atoms with Crippen LogP contribution in [0.2, 0.25) is 0 Å². The number of hydrazone groups is 1. The van der Waals surface area contributed by atoms with Crippen LogP contribution in [0.5, 0.6) is 0 Å². The number of rotatable bonds is 6. The first-order valence-electron chi connectivity index (χ1n) is 8.42. The summed E-state index contributed by atoms with van der Waals surface area (Å²) in [4.78, 5) is 0.144. The van der Waals surface area contributed by atoms with Gasteiger partial charge in [-0.2, -0.15) is 10.2 Å². The SMILES string of the molecule is CC(C)S(=O)(=O)c1ccccc1-n1nccc1NN=Cc1ccc(F)cc1F. The van der Waals surface area contributed by atoms with Gasteiger partial charge in [-0.3, -0.25) is 5.43 Å². The maximum atomic E-state index is 13.7. The van der Waals surface area contributed by atoms with E-state index in [0.717, 1.165) is 12.1 Å². The van der Waals surface area contributed by atoms with Crippen molar-refractivity contribution in [3.05, 3.63) is 71.9 Å². The van der Waals surface area contributed by atoms with Crippen LogP contribution in [0.4, 0.5) is 14.6 Å². The summed E-state index contributed by atoms with van der Waals surface area (Å²) in [6.45, 7) is 3.21. The molecule has 0 aliphatic carbocycles. The monoisotopic (exact) mass is 404 g/mol. The van der Waals surface area contributed by atoms with Crippen molar-refractivity contribution in [3.8, 4) is 5.69 Å². The van der Waals surface area contributed by atoms with Gasteiger partial charge in [-0.1, -0.05) is 12.1 Å². The van der Waals surface area contributed by atoms with Crippen LogP contribution in [-0.2, 0) is 9.84 Å². The summed E-state index contributed by atoms with van der Waals surface area (Å²) in [5, 5.41) is 7.51. The molecule has 1 aromatic heterocycles. The molecule has 6 nitrogen and oxygen atoms in total. The van der Waals surface area contributed by atoms with Gasteiger partial charge in [-0.05, 0) is 38.1 Å². The first-order chi connectivity index (χ1) is 13.3. The number of aromatic nitrogens is 2. The van der Waals surface area contributed by atoms with Crippen LogP contribution < -0.4 is 5.43 Å². The Morgan fingerprint density at radius 2 is 1.89 bits per heavy atom. The molecule has 3 aromatic rings. The zero-order valence-corrected chi connectivity index (χ0v) is 16.0. The summed E-state index contributed by atoms with van der Waals surface area (Å²) in [5.74, 6) is -1.04. The van der Waals surface area contributed by atoms with Gasteiger partial charge in [0, 0.05) is 17.7 Å². The van der Waals surface area contributed by atoms with Crippen LogP contribution in [-0.4, -0.2) is 29.7 Å². The van der Waals surface area contributed by atoms with E-state index in [4.69, 9.17) is 0 Å². The normalized spacial score (nSPS) is 12.0. The molecule has 9 heteroatoms. The van der Waals surface area contributed by atoms with E-state index in [1.807, 2.05) is 0 Å². The minimum atomic E-state index is -3.54. The first kappa shape index (κ1) is 19.7. The molecule has 0 saturated heterocycles. The quantitative estimate of drug-likeness (QED) is 0.501. The Labute approximate surface area is 161 Å². The lowest BCUT2D eigenvalue weighted by molar-refractivity contribution is 0.582. The van der Waals surface area contributed by atoms with Gasteiger partial charge in [-0.25, -0.2) is 21.9 Å². The molecule has 1 N–H and O–H groups in total. The van der Waals surface area contributed by atoms with Gasteiger partial charge in [0.1, 0.15) is 17.5 Å². The third-order valence-corrected chi connectivity index (χ3v) is 6.21. The van der Waals surface area contributed by atoms with E-state index in [2.05, 4.69) is 15.6 Å². The summed E-state index contributed by atoms with van der Waals surface area (Å²) < 4.78 is 53.4. The highest BCUT2D eigenvalue weighted by molar-refractivity contribution is 7.92. The number of halogens is 2. The van der Waals surface area contributed by atoms with Crippen LogP contribution in [0.25, 0.3) is 5.69 Å². The maximum absolute atomic E-state index is 13.7. The average Bonchev–Trinajstić information content (AvgIpc) is 3.11. The minimum Gasteiger partial charge on any atom is -0.261 e. The molecular formula is C19H18F2N4O2S. The second-order valence-electron chi connectivity index (χ2n) is 6.23. The highest BCUT2D eigenvalue weighted by Gasteiger charge is 2.24. The fourth-order valence-corrected chi connectivity index (χ4v) is 3.70. The molecular weight excluding hydrogens is 386 g/mol. The second-order valence-corrected chi connectivity index (χ2v) is 8.70. The topological polar surface area (TPSA) is 76.3 Å². The van der Waals surface area contributed by atoms with Crippen LogP contribution in [0.3, 0.4) is 0 Å². The van der Waals surface area contributed by atoms with Crippen LogP contribution in [0.1, 0.15) is 19.4 Å². The van der Waals surface area contributed by atoms with Gasteiger partial charge in [0.05, 0.1) is 28.2 Å². The van der Waals surface area contributed by atoms with E-state index in [0.29, 0.717) is 11.5 Å². The van der Waals surface area contributed by atoms with Gasteiger partial charge in [0.2, 0.25) is 0 Å². The predicted molar refractivity (Wildman–Crippen MR) is 103 cm³/mol. The lowest BCUT2D eigenvalue weighted by Gasteiger charge is -2.14. The number of sulfone groups is 1. The Morgan fingerprint density at radius 3 is 2.61 bits per heavy atom. The summed E-state index contributed by atoms with van der Waals surface area (Å²) >= 11 is 0. The lowest BCUT2D eigenvalue weighted by Crippen LogP contribution is -2.17. The Morgan fingerprint density at radius 1 is 1.14 bits per heavy atom. The van der Waals surface area contributed by atoms with Crippen molar-refractivity contribution in [1.82, 2.24) is 9.78 Å². The van der Waals surface area contributed by atoms with Crippen molar-refractivity contribution in [1.29, 1.82) is 0 Å². The molecule has 3 rings (SSSR count). The second kappa shape index (κ2) is 7.89. The molecule has 0 radical (unpaired) electrons. The fourth-order valence-electron chi connectivity index (χ4n) is 2.48. The molecule has 0 fully saturated rings. The Balaban J connectivity index is 1.92. The zero-order valence-electron chi connectivity index (χ0n) is 15.2. The molecule has 2 aromatic carbocycles. The fraction of sp³-hybridized carbons (Fsp3) is 0.158. The van der Waals surface area contributed by atoms with E-state index in [9.17, 15) is 17.2 Å². The molecule has 1 heterocycles. The van der Waals surface area contributed by atoms with Crippen LogP contribution >= 0.6 is 0 Å². The van der Waals surface area contributed by atoms with E-state index in [-0.39, 0.29) is 10.5 Å². The van der Waals surface area contributed by atoms with Crippen molar-refractivity contribution < 1.29 is 17.2 Å². The summed E-state index contributed by atoms with van der Waals surface area (Å²) in [5.41, 5.74) is 3.17. The largest absolute Gasteiger partial charge is 0.261 e. The third kappa shape index (κ3) is 3.94. The van der Waals surface area contributed by atoms with Crippen molar-refractivity contribution in [3.63, 3.8) is 0 Å². The maximum Gasteiger partial charge on any atom is 0.182 e. The Kier molecular flexibility index (Phi) is 5.55. The zero-order chi connectivity index (χ0) is 20.3. The van der Waals surface area contributed by atoms with Crippen LogP contribution in [0, 0.1) is 11.6 Å². The molecule has 0 saturated carbocycles. The lowest BCUT2D eigenvalue weighted by atomic mass is 10.2. The van der Waals surface area contributed by atoms with Gasteiger partial charge in [-0.15, -0.1) is 0 Å². The molecule has 146 valence electrons. The van der Waals surface area contributed by atoms with Crippen molar-refractivity contribution >= 4 is 21.9 Å². The highest BCUT2D eigenvalue weighted by atomic mass is 32.2. The number of hydrogen-bond donors (Lipinski definition) is 1. The predicted octanol–water partition coefficient (Wildman–Crippen LogP) is 3.78. The van der Waals surface area contributed by atoms with E-state index < -0.39 is 26.7 Å². The molecule has 0 unspecified atom stereocenters. The molecule has 0 aliphatic rings. The van der Waals surface area contributed by atoms with Crippen molar-refractivity contribution in [2.75, 3.05) is 5.43 Å². The molecule has 0 spiro atoms. The standard InChI is InChI=1S/C19H18F2N4O2S/c1-13(2)28(26,27)18-6-4-3-5-17(18)25-19(9-10-23-25)24-22-12-14-7-8-15(20)11-16(14)21/h3-13,24H,1-2H3. The molecule has 0 amide bonds. The molecule has 0 atom stereocenters. The number of hydrogen-bond acceptors (Lipinski definition) is 5. The third-order valence-electron chi connectivity index (χ3n) is 4.01. The summed E-state index contributed by atoms with van der Waals surface area (Å²) in [6, 6.07) is 11.3. The average molecular weight is 404 g/mol. The van der Waals surface area contributed by atoms with E-state index in [1.54, 1.807) is 38.1 Å². The van der Waals surface area contributed by atoms with E-state index >= 15 is 0 Å². The van der Waals surface area contributed by atoms with Gasteiger partial charge in [0.15, 0.2) is 9.84 Å². The first-order valence-corrected chi connectivity index (χ1v) is 9.97. The highest BCUT2D eigenvalue weighted by Crippen LogP contribution is 2.25. The van der Waals surface area contributed by atoms with Crippen LogP contribution in [0.15, 0.2) is 64.7 Å². The summed E-state index contributed by atoms with van der Waals surface area (Å²) in [7, 11) is -3.54. The number of para-hydroxylation sites is 1. The number of benzene rings is 2. The Hall–Kier alpha value is -3.07. The smallest absolute Gasteiger partial charge is 0.182 e. The number of nitrogens with zero attached hydrogens (tertiary/aromatic N) is 3. The van der Waals surface area contributed by atoms with Gasteiger partial charge >= 0.3 is 0 Å².